The second-order valence-electron chi connectivity index (χ2n) is 17.3. The average Bonchev–Trinajstić information content (AvgIpc) is 3.24. The molecule has 0 amide bonds. The fourth-order valence-corrected chi connectivity index (χ4v) is 11.7. The van der Waals surface area contributed by atoms with Crippen LogP contribution >= 0.6 is 0 Å². The van der Waals surface area contributed by atoms with E-state index in [1.165, 1.54) is 71.0 Å². The van der Waals surface area contributed by atoms with Gasteiger partial charge in [-0.05, 0) is 106 Å². The van der Waals surface area contributed by atoms with Gasteiger partial charge in [-0.3, -0.25) is 0 Å². The van der Waals surface area contributed by atoms with Crippen LogP contribution in [0.25, 0.3) is 56.4 Å². The summed E-state index contributed by atoms with van der Waals surface area (Å²) in [6.07, 6.45) is 6.85. The van der Waals surface area contributed by atoms with Crippen LogP contribution in [0.15, 0.2) is 152 Å². The van der Waals surface area contributed by atoms with Gasteiger partial charge in [0.05, 0.1) is 0 Å². The molecule has 4 saturated carbocycles. The SMILES string of the molecule is CC1(C)c2ccccc2C2(c3cc(-c4nc(-c5ccc(-c6ccccc6)cc5)nc(-c5ccc(-c6ccccc6)cc5)n4)ccc31)C1CC3CC(C1)CC2C3. The predicted molar refractivity (Wildman–Crippen MR) is 223 cm³/mol. The van der Waals surface area contributed by atoms with Crippen molar-refractivity contribution in [1.82, 2.24) is 15.0 Å². The zero-order valence-corrected chi connectivity index (χ0v) is 31.6. The van der Waals surface area contributed by atoms with Gasteiger partial charge in [0.2, 0.25) is 0 Å². The quantitative estimate of drug-likeness (QED) is 0.178. The number of hydrogen-bond donors (Lipinski definition) is 0. The van der Waals surface area contributed by atoms with Crippen LogP contribution in [-0.2, 0) is 10.8 Å². The maximum Gasteiger partial charge on any atom is 0.164 e. The maximum atomic E-state index is 5.30. The first kappa shape index (κ1) is 32.7. The van der Waals surface area contributed by atoms with E-state index in [4.69, 9.17) is 15.0 Å². The zero-order chi connectivity index (χ0) is 36.7. The third-order valence-electron chi connectivity index (χ3n) is 14.0. The normalized spacial score (nSPS) is 24.0. The van der Waals surface area contributed by atoms with Crippen LogP contribution in [0.4, 0.5) is 0 Å². The Kier molecular flexibility index (Phi) is 7.40. The topological polar surface area (TPSA) is 38.7 Å². The van der Waals surface area contributed by atoms with Crippen LogP contribution in [-0.4, -0.2) is 15.0 Å². The van der Waals surface area contributed by atoms with Crippen molar-refractivity contribution < 1.29 is 0 Å². The molecule has 0 atom stereocenters. The van der Waals surface area contributed by atoms with Crippen molar-refractivity contribution in [2.75, 3.05) is 0 Å². The van der Waals surface area contributed by atoms with Crippen molar-refractivity contribution in [2.24, 2.45) is 23.7 Å². The minimum atomic E-state index is -0.0964. The van der Waals surface area contributed by atoms with E-state index in [2.05, 4.69) is 166 Å². The Morgan fingerprint density at radius 1 is 0.364 bits per heavy atom. The second-order valence-corrected chi connectivity index (χ2v) is 17.3. The van der Waals surface area contributed by atoms with Gasteiger partial charge in [-0.2, -0.15) is 0 Å². The van der Waals surface area contributed by atoms with Crippen molar-refractivity contribution >= 4 is 0 Å². The first-order valence-electron chi connectivity index (χ1n) is 20.3. The number of rotatable bonds is 5. The molecule has 12 rings (SSSR count). The Balaban J connectivity index is 1.08. The van der Waals surface area contributed by atoms with Gasteiger partial charge >= 0.3 is 0 Å². The Morgan fingerprint density at radius 3 is 1.25 bits per heavy atom. The van der Waals surface area contributed by atoms with Gasteiger partial charge in [0, 0.05) is 27.5 Å². The van der Waals surface area contributed by atoms with E-state index in [0.29, 0.717) is 23.5 Å². The smallest absolute Gasteiger partial charge is 0.164 e. The summed E-state index contributed by atoms with van der Waals surface area (Å²) < 4.78 is 0. The van der Waals surface area contributed by atoms with E-state index in [9.17, 15) is 0 Å². The van der Waals surface area contributed by atoms with Crippen LogP contribution in [0.1, 0.15) is 68.2 Å². The molecule has 5 aliphatic carbocycles. The summed E-state index contributed by atoms with van der Waals surface area (Å²) in [5.74, 6) is 5.24. The van der Waals surface area contributed by atoms with Gasteiger partial charge in [0.1, 0.15) is 0 Å². The molecule has 0 aliphatic heterocycles. The first-order valence-corrected chi connectivity index (χ1v) is 20.3. The lowest BCUT2D eigenvalue weighted by Gasteiger charge is -2.64. The Morgan fingerprint density at radius 2 is 0.745 bits per heavy atom. The Bertz CT molecular complexity index is 2420. The van der Waals surface area contributed by atoms with E-state index in [1.807, 2.05) is 0 Å². The van der Waals surface area contributed by atoms with E-state index in [1.54, 1.807) is 5.56 Å². The van der Waals surface area contributed by atoms with Gasteiger partial charge in [-0.15, -0.1) is 0 Å². The summed E-state index contributed by atoms with van der Waals surface area (Å²) in [6, 6.07) is 55.1. The molecule has 4 bridgehead atoms. The average molecular weight is 712 g/mol. The summed E-state index contributed by atoms with van der Waals surface area (Å²) in [6.45, 7) is 4.87. The lowest BCUT2D eigenvalue weighted by atomic mass is 9.39. The van der Waals surface area contributed by atoms with Crippen molar-refractivity contribution in [1.29, 1.82) is 0 Å². The van der Waals surface area contributed by atoms with Crippen molar-refractivity contribution in [2.45, 2.75) is 56.8 Å². The molecule has 3 nitrogen and oxygen atoms in total. The molecule has 0 saturated heterocycles. The van der Waals surface area contributed by atoms with E-state index in [-0.39, 0.29) is 10.8 Å². The second kappa shape index (κ2) is 12.4. The molecule has 6 aromatic carbocycles. The van der Waals surface area contributed by atoms with Crippen LogP contribution in [0.2, 0.25) is 0 Å². The van der Waals surface area contributed by atoms with Crippen LogP contribution in [0.5, 0.6) is 0 Å². The lowest BCUT2D eigenvalue weighted by molar-refractivity contribution is -0.0443. The summed E-state index contributed by atoms with van der Waals surface area (Å²) in [4.78, 5) is 15.8. The molecule has 3 heteroatoms. The van der Waals surface area contributed by atoms with Crippen LogP contribution < -0.4 is 0 Å². The highest BCUT2D eigenvalue weighted by molar-refractivity contribution is 5.73. The van der Waals surface area contributed by atoms with Crippen molar-refractivity contribution in [3.63, 3.8) is 0 Å². The zero-order valence-electron chi connectivity index (χ0n) is 31.6. The molecule has 4 fully saturated rings. The highest BCUT2D eigenvalue weighted by atomic mass is 15.0. The summed E-state index contributed by atoms with van der Waals surface area (Å²) in [5, 5.41) is 0. The number of fused-ring (bicyclic) bond motifs is 2. The van der Waals surface area contributed by atoms with Gasteiger partial charge in [-0.25, -0.2) is 15.0 Å². The molecule has 5 aliphatic rings. The minimum absolute atomic E-state index is 0.0319. The predicted octanol–water partition coefficient (Wildman–Crippen LogP) is 12.6. The summed E-state index contributed by atoms with van der Waals surface area (Å²) in [5.41, 5.74) is 13.8. The molecule has 0 radical (unpaired) electrons. The molecular weight excluding hydrogens is 667 g/mol. The third-order valence-corrected chi connectivity index (χ3v) is 14.0. The molecule has 55 heavy (non-hydrogen) atoms. The lowest BCUT2D eigenvalue weighted by Crippen LogP contribution is -2.58. The number of hydrogen-bond acceptors (Lipinski definition) is 3. The number of aromatic nitrogens is 3. The fourth-order valence-electron chi connectivity index (χ4n) is 11.7. The van der Waals surface area contributed by atoms with Gasteiger partial charge in [0.25, 0.3) is 0 Å². The largest absolute Gasteiger partial charge is 0.208 e. The first-order chi connectivity index (χ1) is 26.9. The van der Waals surface area contributed by atoms with Crippen molar-refractivity contribution in [3.8, 4) is 56.4 Å². The monoisotopic (exact) mass is 711 g/mol. The highest BCUT2D eigenvalue weighted by Gasteiger charge is 2.62. The highest BCUT2D eigenvalue weighted by Crippen LogP contribution is 2.68. The van der Waals surface area contributed by atoms with E-state index in [0.717, 1.165) is 34.4 Å². The molecule has 0 N–H and O–H groups in total. The van der Waals surface area contributed by atoms with Gasteiger partial charge in [0.15, 0.2) is 17.5 Å². The fraction of sp³-hybridized carbons (Fsp3) is 0.250. The van der Waals surface area contributed by atoms with E-state index < -0.39 is 0 Å². The molecule has 0 unspecified atom stereocenters. The summed E-state index contributed by atoms with van der Waals surface area (Å²) in [7, 11) is 0. The molecule has 1 aromatic heterocycles. The maximum absolute atomic E-state index is 5.30. The summed E-state index contributed by atoms with van der Waals surface area (Å²) >= 11 is 0. The van der Waals surface area contributed by atoms with Crippen LogP contribution in [0.3, 0.4) is 0 Å². The molecule has 7 aromatic rings. The van der Waals surface area contributed by atoms with Crippen molar-refractivity contribution in [3.05, 3.63) is 174 Å². The number of nitrogens with zero attached hydrogens (tertiary/aromatic N) is 3. The third kappa shape index (κ3) is 5.12. The molecule has 268 valence electrons. The minimum Gasteiger partial charge on any atom is -0.208 e. The Labute approximate surface area is 324 Å². The molecule has 1 heterocycles. The van der Waals surface area contributed by atoms with Gasteiger partial charge in [-0.1, -0.05) is 159 Å². The van der Waals surface area contributed by atoms with Gasteiger partial charge < -0.3 is 0 Å². The molecule has 1 spiro atoms. The standard InChI is InChI=1S/C52H45N3/c1-51(2)44-15-9-10-16-46(44)52(42-28-33-27-34(30-42)31-43(52)29-33)47-32-41(25-26-45(47)51)50-54-48(39-21-17-37(18-22-39)35-11-5-3-6-12-35)53-49(55-50)40-23-19-38(20-24-40)36-13-7-4-8-14-36/h3-26,32-34,42-43H,27-31H2,1-2H3. The Hall–Kier alpha value is -5.67. The van der Waals surface area contributed by atoms with E-state index >= 15 is 0 Å². The molecular formula is C52H45N3. The van der Waals surface area contributed by atoms with Crippen LogP contribution in [0, 0.1) is 23.7 Å². The number of benzene rings is 6.